The Morgan fingerprint density at radius 1 is 1.12 bits per heavy atom. The van der Waals surface area contributed by atoms with Crippen LogP contribution in [-0.2, 0) is 4.79 Å². The molecule has 1 heterocycles. The van der Waals surface area contributed by atoms with Gasteiger partial charge in [0.1, 0.15) is 0 Å². The minimum absolute atomic E-state index is 0.276. The molecule has 3 amide bonds. The molecule has 0 bridgehead atoms. The molecule has 2 rings (SSSR count). The maximum Gasteiger partial charge on any atom is 0.321 e. The van der Waals surface area contributed by atoms with Crippen molar-refractivity contribution < 1.29 is 14.0 Å². The van der Waals surface area contributed by atoms with Crippen molar-refractivity contribution in [3.05, 3.63) is 29.3 Å². The Kier molecular flexibility index (Phi) is 6.07. The van der Waals surface area contributed by atoms with Gasteiger partial charge in [-0.05, 0) is 53.7 Å². The van der Waals surface area contributed by atoms with E-state index in [2.05, 4.69) is 26.9 Å². The van der Waals surface area contributed by atoms with Gasteiger partial charge in [-0.15, -0.1) is 10.2 Å². The molecule has 26 heavy (non-hydrogen) atoms. The van der Waals surface area contributed by atoms with Crippen LogP contribution < -0.4 is 10.6 Å². The van der Waals surface area contributed by atoms with Gasteiger partial charge in [0.2, 0.25) is 11.8 Å². The average molecular weight is 376 g/mol. The van der Waals surface area contributed by atoms with E-state index in [0.717, 1.165) is 28.5 Å². The molecule has 0 saturated carbocycles. The number of urea groups is 1. The zero-order valence-electron chi connectivity index (χ0n) is 15.8. The summed E-state index contributed by atoms with van der Waals surface area (Å²) >= 11 is 1.10. The second kappa shape index (κ2) is 7.90. The number of nitrogens with zero attached hydrogens (tertiary/aromatic N) is 2. The molecular formula is C18H24N4O3S. The standard InChI is InChI=1S/C18H24N4O3S/c1-10-7-11(2)9-13(8-10)15-21-22-17(25-15)26-12(3)14(23)19-16(24)20-18(4,5)6/h7-9,12H,1-6H3,(H2,19,20,23,24)/t12-/m0/s1. The maximum atomic E-state index is 12.1. The van der Waals surface area contributed by atoms with E-state index in [-0.39, 0.29) is 5.22 Å². The summed E-state index contributed by atoms with van der Waals surface area (Å²) < 4.78 is 5.65. The number of rotatable bonds is 4. The van der Waals surface area contributed by atoms with Crippen molar-refractivity contribution in [2.75, 3.05) is 0 Å². The van der Waals surface area contributed by atoms with Crippen LogP contribution in [0, 0.1) is 13.8 Å². The number of carbonyl (C=O) groups excluding carboxylic acids is 2. The van der Waals surface area contributed by atoms with E-state index in [0.29, 0.717) is 5.89 Å². The molecule has 0 aliphatic rings. The number of imide groups is 1. The molecule has 0 radical (unpaired) electrons. The molecule has 2 N–H and O–H groups in total. The fraction of sp³-hybridized carbons (Fsp3) is 0.444. The van der Waals surface area contributed by atoms with Gasteiger partial charge in [-0.2, -0.15) is 0 Å². The molecule has 0 aliphatic heterocycles. The van der Waals surface area contributed by atoms with Crippen molar-refractivity contribution in [3.8, 4) is 11.5 Å². The maximum absolute atomic E-state index is 12.1. The molecular weight excluding hydrogens is 352 g/mol. The number of benzene rings is 1. The van der Waals surface area contributed by atoms with Crippen LogP contribution in [0.3, 0.4) is 0 Å². The lowest BCUT2D eigenvalue weighted by atomic mass is 10.1. The second-order valence-corrected chi connectivity index (χ2v) is 8.50. The number of thioether (sulfide) groups is 1. The van der Waals surface area contributed by atoms with E-state index >= 15 is 0 Å². The average Bonchev–Trinajstić information content (AvgIpc) is 2.92. The molecule has 1 aromatic carbocycles. The number of aromatic nitrogens is 2. The molecule has 1 atom stereocenters. The molecule has 1 aromatic heterocycles. The molecule has 7 nitrogen and oxygen atoms in total. The molecule has 0 unspecified atom stereocenters. The summed E-state index contributed by atoms with van der Waals surface area (Å²) in [6.07, 6.45) is 0. The highest BCUT2D eigenvalue weighted by Gasteiger charge is 2.22. The molecule has 140 valence electrons. The predicted molar refractivity (Wildman–Crippen MR) is 101 cm³/mol. The van der Waals surface area contributed by atoms with Crippen LogP contribution in [0.2, 0.25) is 0 Å². The molecule has 0 spiro atoms. The van der Waals surface area contributed by atoms with E-state index in [1.54, 1.807) is 6.92 Å². The number of aryl methyl sites for hydroxylation is 2. The monoisotopic (exact) mass is 376 g/mol. The van der Waals surface area contributed by atoms with Crippen LogP contribution in [0.1, 0.15) is 38.8 Å². The van der Waals surface area contributed by atoms with E-state index in [4.69, 9.17) is 4.42 Å². The van der Waals surface area contributed by atoms with E-state index in [1.807, 2.05) is 46.8 Å². The third-order valence-corrected chi connectivity index (χ3v) is 4.18. The van der Waals surface area contributed by atoms with Crippen molar-refractivity contribution in [3.63, 3.8) is 0 Å². The Morgan fingerprint density at radius 3 is 2.31 bits per heavy atom. The first-order valence-electron chi connectivity index (χ1n) is 8.25. The fourth-order valence-electron chi connectivity index (χ4n) is 2.26. The molecule has 0 saturated heterocycles. The Bertz CT molecular complexity index is 791. The van der Waals surface area contributed by atoms with Crippen molar-refractivity contribution in [2.24, 2.45) is 0 Å². The van der Waals surface area contributed by atoms with Crippen LogP contribution in [0.25, 0.3) is 11.5 Å². The van der Waals surface area contributed by atoms with Crippen LogP contribution in [0.15, 0.2) is 27.8 Å². The number of nitrogens with one attached hydrogen (secondary N) is 2. The Hall–Kier alpha value is -2.35. The highest BCUT2D eigenvalue weighted by atomic mass is 32.2. The van der Waals surface area contributed by atoms with Crippen molar-refractivity contribution in [1.29, 1.82) is 0 Å². The molecule has 8 heteroatoms. The van der Waals surface area contributed by atoms with Gasteiger partial charge >= 0.3 is 6.03 Å². The fourth-order valence-corrected chi connectivity index (χ4v) is 2.95. The summed E-state index contributed by atoms with van der Waals surface area (Å²) in [4.78, 5) is 23.9. The zero-order valence-corrected chi connectivity index (χ0v) is 16.7. The lowest BCUT2D eigenvalue weighted by molar-refractivity contribution is -0.119. The number of carbonyl (C=O) groups is 2. The van der Waals surface area contributed by atoms with Gasteiger partial charge < -0.3 is 9.73 Å². The normalized spacial score (nSPS) is 12.5. The quantitative estimate of drug-likeness (QED) is 0.793. The Morgan fingerprint density at radius 2 is 1.73 bits per heavy atom. The summed E-state index contributed by atoms with van der Waals surface area (Å²) in [6.45, 7) is 11.2. The second-order valence-electron chi connectivity index (χ2n) is 7.20. The van der Waals surface area contributed by atoms with Crippen molar-refractivity contribution >= 4 is 23.7 Å². The molecule has 0 aliphatic carbocycles. The van der Waals surface area contributed by atoms with Crippen molar-refractivity contribution in [1.82, 2.24) is 20.8 Å². The van der Waals surface area contributed by atoms with E-state index < -0.39 is 22.7 Å². The van der Waals surface area contributed by atoms with Gasteiger partial charge in [-0.25, -0.2) is 4.79 Å². The lowest BCUT2D eigenvalue weighted by Crippen LogP contribution is -2.49. The van der Waals surface area contributed by atoms with Gasteiger partial charge in [-0.3, -0.25) is 10.1 Å². The number of amides is 3. The summed E-state index contributed by atoms with van der Waals surface area (Å²) in [6, 6.07) is 5.45. The highest BCUT2D eigenvalue weighted by Crippen LogP contribution is 2.27. The predicted octanol–water partition coefficient (Wildman–Crippen LogP) is 3.46. The van der Waals surface area contributed by atoms with Crippen LogP contribution >= 0.6 is 11.8 Å². The summed E-state index contributed by atoms with van der Waals surface area (Å²) in [7, 11) is 0. The highest BCUT2D eigenvalue weighted by molar-refractivity contribution is 8.00. The third-order valence-electron chi connectivity index (χ3n) is 3.25. The topological polar surface area (TPSA) is 97.1 Å². The largest absolute Gasteiger partial charge is 0.411 e. The van der Waals surface area contributed by atoms with Gasteiger partial charge in [0, 0.05) is 11.1 Å². The van der Waals surface area contributed by atoms with Crippen LogP contribution in [-0.4, -0.2) is 32.9 Å². The first-order chi connectivity index (χ1) is 12.0. The number of hydrogen-bond donors (Lipinski definition) is 2. The van der Waals surface area contributed by atoms with Gasteiger partial charge in [-0.1, -0.05) is 29.0 Å². The van der Waals surface area contributed by atoms with Crippen molar-refractivity contribution in [2.45, 2.75) is 57.6 Å². The minimum Gasteiger partial charge on any atom is -0.411 e. The lowest BCUT2D eigenvalue weighted by Gasteiger charge is -2.20. The zero-order chi connectivity index (χ0) is 19.5. The van der Waals surface area contributed by atoms with Gasteiger partial charge in [0.15, 0.2) is 0 Å². The summed E-state index contributed by atoms with van der Waals surface area (Å²) in [5, 5.41) is 12.7. The smallest absolute Gasteiger partial charge is 0.321 e. The van der Waals surface area contributed by atoms with Crippen LogP contribution in [0.4, 0.5) is 4.79 Å². The van der Waals surface area contributed by atoms with Crippen LogP contribution in [0.5, 0.6) is 0 Å². The first kappa shape index (κ1) is 20.0. The SMILES string of the molecule is Cc1cc(C)cc(-c2nnc(S[C@@H](C)C(=O)NC(=O)NC(C)(C)C)o2)c1. The number of hydrogen-bond acceptors (Lipinski definition) is 6. The Balaban J connectivity index is 1.99. The van der Waals surface area contributed by atoms with Gasteiger partial charge in [0.25, 0.3) is 5.22 Å². The Labute approximate surface area is 157 Å². The van der Waals surface area contributed by atoms with Gasteiger partial charge in [0.05, 0.1) is 5.25 Å². The minimum atomic E-state index is -0.562. The molecule has 0 fully saturated rings. The summed E-state index contributed by atoms with van der Waals surface area (Å²) in [5.41, 5.74) is 2.62. The van der Waals surface area contributed by atoms with E-state index in [9.17, 15) is 9.59 Å². The molecule has 2 aromatic rings. The third kappa shape index (κ3) is 5.87. The van der Waals surface area contributed by atoms with E-state index in [1.165, 1.54) is 0 Å². The first-order valence-corrected chi connectivity index (χ1v) is 9.13. The summed E-state index contributed by atoms with van der Waals surface area (Å²) in [5.74, 6) is -0.0275.